The molecule has 0 saturated heterocycles. The second-order valence-corrected chi connectivity index (χ2v) is 5.11. The van der Waals surface area contributed by atoms with Crippen LogP contribution in [0.1, 0.15) is 41.5 Å². The molecule has 0 amide bonds. The van der Waals surface area contributed by atoms with Crippen molar-refractivity contribution in [3.05, 3.63) is 10.6 Å². The van der Waals surface area contributed by atoms with E-state index in [2.05, 4.69) is 52.2 Å². The van der Waals surface area contributed by atoms with Gasteiger partial charge in [-0.05, 0) is 0 Å². The topological polar surface area (TPSA) is 28.2 Å². The van der Waals surface area contributed by atoms with Gasteiger partial charge in [-0.25, -0.2) is 0 Å². The van der Waals surface area contributed by atoms with E-state index in [4.69, 9.17) is 0 Å². The average molecular weight is 229 g/mol. The molecule has 13 heavy (non-hydrogen) atoms. The second-order valence-electron chi connectivity index (χ2n) is 5.11. The fraction of sp³-hybridized carbons (Fsp3) is 1.00. The van der Waals surface area contributed by atoms with E-state index in [0.717, 1.165) is 13.1 Å². The summed E-state index contributed by atoms with van der Waals surface area (Å²) >= 11 is 0. The molecule has 0 aromatic carbocycles. The van der Waals surface area contributed by atoms with Crippen molar-refractivity contribution in [1.82, 2.24) is 0 Å². The molecule has 0 aliphatic carbocycles. The van der Waals surface area contributed by atoms with Crippen molar-refractivity contribution < 1.29 is 16.5 Å². The van der Waals surface area contributed by atoms with E-state index < -0.39 is 0 Å². The van der Waals surface area contributed by atoms with Gasteiger partial charge in [-0.2, -0.15) is 13.1 Å². The normalized spacial score (nSPS) is 12.5. The molecule has 2 nitrogen and oxygen atoms in total. The quantitative estimate of drug-likeness (QED) is 0.524. The summed E-state index contributed by atoms with van der Waals surface area (Å²) in [5.74, 6) is 0. The van der Waals surface area contributed by atoms with Crippen molar-refractivity contribution in [1.29, 1.82) is 0 Å². The van der Waals surface area contributed by atoms with Crippen molar-refractivity contribution in [2.75, 3.05) is 13.1 Å². The molecule has 3 heteroatoms. The average Bonchev–Trinajstić information content (AvgIpc) is 1.76. The second kappa shape index (κ2) is 6.00. The maximum absolute atomic E-state index is 4.47. The Morgan fingerprint density at radius 3 is 1.08 bits per heavy atom. The van der Waals surface area contributed by atoms with E-state index >= 15 is 0 Å². The van der Waals surface area contributed by atoms with Crippen molar-refractivity contribution >= 4 is 0 Å². The molecule has 0 aromatic heterocycles. The summed E-state index contributed by atoms with van der Waals surface area (Å²) in [5, 5.41) is 8.93. The summed E-state index contributed by atoms with van der Waals surface area (Å²) in [6, 6.07) is 0. The Labute approximate surface area is 93.2 Å². The Kier molecular flexibility index (Phi) is 7.33. The molecule has 0 radical (unpaired) electrons. The van der Waals surface area contributed by atoms with Crippen LogP contribution in [0.25, 0.3) is 10.6 Å². The Hall–Kier alpha value is 0.414. The zero-order valence-electron chi connectivity index (χ0n) is 9.62. The van der Waals surface area contributed by atoms with E-state index in [1.807, 2.05) is 0 Å². The van der Waals surface area contributed by atoms with Gasteiger partial charge < -0.3 is 10.6 Å². The number of rotatable bonds is 3. The van der Waals surface area contributed by atoms with E-state index in [-0.39, 0.29) is 27.6 Å². The standard InChI is InChI=1S/C10H22N2.Ni/c1-9(2,3)11-7-8-12-10(4,5)6;/h7-8H2,1-6H3;/q-2;+2. The molecule has 0 spiro atoms. The van der Waals surface area contributed by atoms with Gasteiger partial charge in [0.1, 0.15) is 0 Å². The van der Waals surface area contributed by atoms with Gasteiger partial charge >= 0.3 is 16.5 Å². The molecule has 0 aromatic rings. The molecule has 0 heterocycles. The third kappa shape index (κ3) is 15.2. The van der Waals surface area contributed by atoms with Gasteiger partial charge in [0.25, 0.3) is 0 Å². The molecule has 0 rings (SSSR count). The van der Waals surface area contributed by atoms with Crippen LogP contribution in [0, 0.1) is 0 Å². The minimum absolute atomic E-state index is 0. The fourth-order valence-electron chi connectivity index (χ4n) is 0.771. The maximum Gasteiger partial charge on any atom is 2.00 e. The third-order valence-corrected chi connectivity index (χ3v) is 1.27. The third-order valence-electron chi connectivity index (χ3n) is 1.27. The first-order valence-corrected chi connectivity index (χ1v) is 4.58. The first-order chi connectivity index (χ1) is 5.21. The van der Waals surface area contributed by atoms with Crippen molar-refractivity contribution in [3.8, 4) is 0 Å². The van der Waals surface area contributed by atoms with Gasteiger partial charge in [-0.1, -0.05) is 41.5 Å². The summed E-state index contributed by atoms with van der Waals surface area (Å²) < 4.78 is 0. The van der Waals surface area contributed by atoms with Gasteiger partial charge in [-0.15, -0.1) is 11.1 Å². The first kappa shape index (κ1) is 15.9. The minimum atomic E-state index is 0. The molecular weight excluding hydrogens is 207 g/mol. The van der Waals surface area contributed by atoms with Gasteiger partial charge in [-0.3, -0.25) is 0 Å². The molecule has 0 aliphatic heterocycles. The van der Waals surface area contributed by atoms with Crippen LogP contribution >= 0.6 is 0 Å². The Morgan fingerprint density at radius 1 is 0.692 bits per heavy atom. The van der Waals surface area contributed by atoms with Crippen LogP contribution in [0.4, 0.5) is 0 Å². The molecule has 0 N–H and O–H groups in total. The molecule has 0 atom stereocenters. The van der Waals surface area contributed by atoms with E-state index in [1.165, 1.54) is 0 Å². The Bertz CT molecular complexity index is 106. The summed E-state index contributed by atoms with van der Waals surface area (Å²) in [6.45, 7) is 14.4. The van der Waals surface area contributed by atoms with Crippen molar-refractivity contribution in [3.63, 3.8) is 0 Å². The predicted molar refractivity (Wildman–Crippen MR) is 56.0 cm³/mol. The van der Waals surface area contributed by atoms with Crippen LogP contribution in [-0.2, 0) is 16.5 Å². The van der Waals surface area contributed by atoms with Gasteiger partial charge in [0, 0.05) is 0 Å². The first-order valence-electron chi connectivity index (χ1n) is 4.58. The summed E-state index contributed by atoms with van der Waals surface area (Å²) in [6.07, 6.45) is 0. The number of hydrogen-bond donors (Lipinski definition) is 0. The molecular formula is C10H22N2Ni. The molecule has 0 fully saturated rings. The van der Waals surface area contributed by atoms with Crippen LogP contribution in [0.15, 0.2) is 0 Å². The van der Waals surface area contributed by atoms with Gasteiger partial charge in [0.2, 0.25) is 0 Å². The van der Waals surface area contributed by atoms with Crippen LogP contribution in [0.5, 0.6) is 0 Å². The van der Waals surface area contributed by atoms with Gasteiger partial charge in [0.05, 0.1) is 0 Å². The fourth-order valence-corrected chi connectivity index (χ4v) is 0.771. The molecule has 0 saturated carbocycles. The monoisotopic (exact) mass is 228 g/mol. The number of hydrogen-bond acceptors (Lipinski definition) is 0. The predicted octanol–water partition coefficient (Wildman–Crippen LogP) is 3.33. The van der Waals surface area contributed by atoms with Crippen LogP contribution in [-0.4, -0.2) is 24.2 Å². The van der Waals surface area contributed by atoms with Gasteiger partial charge in [0.15, 0.2) is 0 Å². The summed E-state index contributed by atoms with van der Waals surface area (Å²) in [7, 11) is 0. The van der Waals surface area contributed by atoms with Crippen molar-refractivity contribution in [2.45, 2.75) is 52.6 Å². The SMILES string of the molecule is CC(C)(C)[N-]CC[N-]C(C)(C)C.[Ni+2]. The smallest absolute Gasteiger partial charge is 0.659 e. The number of nitrogens with zero attached hydrogens (tertiary/aromatic N) is 2. The Balaban J connectivity index is 0. The minimum Gasteiger partial charge on any atom is -0.659 e. The molecule has 0 aliphatic rings. The van der Waals surface area contributed by atoms with E-state index in [1.54, 1.807) is 0 Å². The van der Waals surface area contributed by atoms with Crippen molar-refractivity contribution in [2.24, 2.45) is 0 Å². The molecule has 0 bridgehead atoms. The van der Waals surface area contributed by atoms with E-state index in [0.29, 0.717) is 0 Å². The zero-order valence-corrected chi connectivity index (χ0v) is 10.6. The van der Waals surface area contributed by atoms with Crippen LogP contribution in [0.3, 0.4) is 0 Å². The van der Waals surface area contributed by atoms with E-state index in [9.17, 15) is 0 Å². The van der Waals surface area contributed by atoms with Crippen LogP contribution in [0.2, 0.25) is 0 Å². The Morgan fingerprint density at radius 2 is 0.923 bits per heavy atom. The molecule has 0 unspecified atom stereocenters. The maximum atomic E-state index is 4.47. The summed E-state index contributed by atoms with van der Waals surface area (Å²) in [4.78, 5) is 0. The molecule has 82 valence electrons. The zero-order chi connectivity index (χ0) is 9.83. The largest absolute Gasteiger partial charge is 2.00 e. The summed E-state index contributed by atoms with van der Waals surface area (Å²) in [5.41, 5.74) is 0.181. The van der Waals surface area contributed by atoms with Crippen LogP contribution < -0.4 is 0 Å².